The fraction of sp³-hybridized carbons (Fsp3) is 0.333. The molecule has 0 radical (unpaired) electrons. The van der Waals surface area contributed by atoms with E-state index in [1.165, 1.54) is 0 Å². The molecule has 4 heteroatoms. The average Bonchev–Trinajstić information content (AvgIpc) is 2.81. The summed E-state index contributed by atoms with van der Waals surface area (Å²) in [7, 11) is 0. The Balaban J connectivity index is 2.43. The Morgan fingerprint density at radius 3 is 2.68 bits per heavy atom. The highest BCUT2D eigenvalue weighted by Gasteiger charge is 2.21. The maximum Gasteiger partial charge on any atom is 0.128 e. The predicted molar refractivity (Wildman–Crippen MR) is 80.0 cm³/mol. The maximum absolute atomic E-state index is 6.32. The minimum Gasteiger partial charge on any atom is -0.467 e. The first-order valence-electron chi connectivity index (χ1n) is 6.36. The molecular formula is C15H17Cl2NO. The van der Waals surface area contributed by atoms with Crippen LogP contribution in [0.3, 0.4) is 0 Å². The third kappa shape index (κ3) is 3.14. The Morgan fingerprint density at radius 2 is 2.05 bits per heavy atom. The van der Waals surface area contributed by atoms with E-state index < -0.39 is 0 Å². The van der Waals surface area contributed by atoms with Crippen molar-refractivity contribution >= 4 is 23.2 Å². The lowest BCUT2D eigenvalue weighted by atomic mass is 10.0. The molecular weight excluding hydrogens is 281 g/mol. The van der Waals surface area contributed by atoms with Crippen LogP contribution in [-0.4, -0.2) is 6.54 Å². The lowest BCUT2D eigenvalue weighted by Crippen LogP contribution is -2.23. The van der Waals surface area contributed by atoms with Gasteiger partial charge >= 0.3 is 0 Å². The molecule has 0 saturated heterocycles. The zero-order valence-corrected chi connectivity index (χ0v) is 12.6. The summed E-state index contributed by atoms with van der Waals surface area (Å²) in [5.41, 5.74) is 2.05. The van der Waals surface area contributed by atoms with Gasteiger partial charge in [0.15, 0.2) is 0 Å². The summed E-state index contributed by atoms with van der Waals surface area (Å²) in [6.45, 7) is 5.03. The predicted octanol–water partition coefficient (Wildman–Crippen LogP) is 4.98. The normalized spacial score (nSPS) is 12.6. The highest BCUT2D eigenvalue weighted by molar-refractivity contribution is 6.42. The van der Waals surface area contributed by atoms with Crippen molar-refractivity contribution in [3.05, 3.63) is 57.5 Å². The molecule has 1 aromatic heterocycles. The van der Waals surface area contributed by atoms with Crippen molar-refractivity contribution in [3.8, 4) is 0 Å². The lowest BCUT2D eigenvalue weighted by molar-refractivity contribution is 0.444. The number of benzene rings is 1. The van der Waals surface area contributed by atoms with E-state index in [9.17, 15) is 0 Å². The van der Waals surface area contributed by atoms with Crippen LogP contribution < -0.4 is 5.32 Å². The highest BCUT2D eigenvalue weighted by atomic mass is 35.5. The van der Waals surface area contributed by atoms with Crippen molar-refractivity contribution in [2.45, 2.75) is 26.3 Å². The Bertz CT molecular complexity index is 551. The smallest absolute Gasteiger partial charge is 0.128 e. The number of hydrogen-bond donors (Lipinski definition) is 1. The first-order chi connectivity index (χ1) is 9.15. The molecule has 0 saturated carbocycles. The summed E-state index contributed by atoms with van der Waals surface area (Å²) in [4.78, 5) is 0. The summed E-state index contributed by atoms with van der Waals surface area (Å²) in [6.07, 6.45) is 2.73. The van der Waals surface area contributed by atoms with Crippen LogP contribution in [0.4, 0.5) is 0 Å². The molecule has 0 amide bonds. The van der Waals surface area contributed by atoms with E-state index in [1.54, 1.807) is 12.3 Å². The van der Waals surface area contributed by atoms with Crippen LogP contribution in [0.5, 0.6) is 0 Å². The fourth-order valence-electron chi connectivity index (χ4n) is 2.06. The SMILES string of the molecule is CCCNC(c1cccc(Cl)c1Cl)c1occc1C. The van der Waals surface area contributed by atoms with Gasteiger partial charge < -0.3 is 9.73 Å². The molecule has 1 atom stereocenters. The van der Waals surface area contributed by atoms with E-state index in [0.29, 0.717) is 10.0 Å². The average molecular weight is 298 g/mol. The Morgan fingerprint density at radius 1 is 1.26 bits per heavy atom. The first-order valence-corrected chi connectivity index (χ1v) is 7.12. The van der Waals surface area contributed by atoms with Gasteiger partial charge in [-0.25, -0.2) is 0 Å². The molecule has 0 aliphatic rings. The quantitative estimate of drug-likeness (QED) is 0.841. The van der Waals surface area contributed by atoms with E-state index in [0.717, 1.165) is 29.9 Å². The fourth-order valence-corrected chi connectivity index (χ4v) is 2.47. The van der Waals surface area contributed by atoms with Crippen LogP contribution in [0.1, 0.15) is 36.3 Å². The second-order valence-corrected chi connectivity index (χ2v) is 5.28. The van der Waals surface area contributed by atoms with E-state index in [4.69, 9.17) is 27.6 Å². The zero-order chi connectivity index (χ0) is 13.8. The Kier molecular flexibility index (Phi) is 4.92. The van der Waals surface area contributed by atoms with Crippen molar-refractivity contribution in [2.75, 3.05) is 6.54 Å². The van der Waals surface area contributed by atoms with Gasteiger partial charge in [-0.1, -0.05) is 42.3 Å². The van der Waals surface area contributed by atoms with Gasteiger partial charge in [-0.05, 0) is 43.1 Å². The molecule has 0 bridgehead atoms. The van der Waals surface area contributed by atoms with E-state index >= 15 is 0 Å². The molecule has 2 rings (SSSR count). The number of nitrogens with one attached hydrogen (secondary N) is 1. The van der Waals surface area contributed by atoms with Gasteiger partial charge in [0.1, 0.15) is 5.76 Å². The molecule has 0 aliphatic carbocycles. The number of halogens is 2. The summed E-state index contributed by atoms with van der Waals surface area (Å²) in [5, 5.41) is 4.60. The van der Waals surface area contributed by atoms with Gasteiger partial charge in [0.05, 0.1) is 22.4 Å². The molecule has 19 heavy (non-hydrogen) atoms. The van der Waals surface area contributed by atoms with Gasteiger partial charge in [-0.15, -0.1) is 0 Å². The van der Waals surface area contributed by atoms with Crippen LogP contribution in [0.2, 0.25) is 10.0 Å². The standard InChI is InChI=1S/C15H17Cl2NO/c1-3-8-18-14(15-10(2)7-9-19-15)11-5-4-6-12(16)13(11)17/h4-7,9,14,18H,3,8H2,1-2H3. The van der Waals surface area contributed by atoms with Gasteiger partial charge in [0.2, 0.25) is 0 Å². The van der Waals surface area contributed by atoms with Crippen LogP contribution in [0.25, 0.3) is 0 Å². The minimum atomic E-state index is -0.0684. The van der Waals surface area contributed by atoms with Crippen molar-refractivity contribution in [2.24, 2.45) is 0 Å². The lowest BCUT2D eigenvalue weighted by Gasteiger charge is -2.19. The summed E-state index contributed by atoms with van der Waals surface area (Å²) < 4.78 is 5.61. The van der Waals surface area contributed by atoms with Gasteiger partial charge in [-0.3, -0.25) is 0 Å². The molecule has 1 heterocycles. The Hall–Kier alpha value is -0.960. The van der Waals surface area contributed by atoms with Crippen LogP contribution >= 0.6 is 23.2 Å². The summed E-state index contributed by atoms with van der Waals surface area (Å²) in [6, 6.07) is 7.56. The number of rotatable bonds is 5. The van der Waals surface area contributed by atoms with Crippen LogP contribution in [-0.2, 0) is 0 Å². The molecule has 2 nitrogen and oxygen atoms in total. The zero-order valence-electron chi connectivity index (χ0n) is 11.0. The monoisotopic (exact) mass is 297 g/mol. The largest absolute Gasteiger partial charge is 0.467 e. The number of furan rings is 1. The third-order valence-electron chi connectivity index (χ3n) is 3.05. The third-order valence-corrected chi connectivity index (χ3v) is 3.89. The van der Waals surface area contributed by atoms with Crippen molar-refractivity contribution in [3.63, 3.8) is 0 Å². The van der Waals surface area contributed by atoms with Crippen molar-refractivity contribution in [1.82, 2.24) is 5.32 Å². The Labute approximate surface area is 123 Å². The van der Waals surface area contributed by atoms with Gasteiger partial charge in [-0.2, -0.15) is 0 Å². The van der Waals surface area contributed by atoms with E-state index in [2.05, 4.69) is 12.2 Å². The molecule has 0 spiro atoms. The molecule has 0 aliphatic heterocycles. The van der Waals surface area contributed by atoms with E-state index in [-0.39, 0.29) is 6.04 Å². The van der Waals surface area contributed by atoms with Crippen LogP contribution in [0, 0.1) is 6.92 Å². The summed E-state index contributed by atoms with van der Waals surface area (Å²) >= 11 is 12.4. The molecule has 1 unspecified atom stereocenters. The molecule has 2 aromatic rings. The maximum atomic E-state index is 6.32. The van der Waals surface area contributed by atoms with Crippen molar-refractivity contribution < 1.29 is 4.42 Å². The number of hydrogen-bond acceptors (Lipinski definition) is 2. The second kappa shape index (κ2) is 6.47. The molecule has 1 N–H and O–H groups in total. The van der Waals surface area contributed by atoms with Crippen LogP contribution in [0.15, 0.2) is 34.9 Å². The van der Waals surface area contributed by atoms with Gasteiger partial charge in [0, 0.05) is 0 Å². The number of aryl methyl sites for hydroxylation is 1. The second-order valence-electron chi connectivity index (χ2n) is 4.50. The topological polar surface area (TPSA) is 25.2 Å². The first kappa shape index (κ1) is 14.4. The molecule has 1 aromatic carbocycles. The van der Waals surface area contributed by atoms with Crippen molar-refractivity contribution in [1.29, 1.82) is 0 Å². The minimum absolute atomic E-state index is 0.0684. The van der Waals surface area contributed by atoms with E-state index in [1.807, 2.05) is 25.1 Å². The van der Waals surface area contributed by atoms with Gasteiger partial charge in [0.25, 0.3) is 0 Å². The highest BCUT2D eigenvalue weighted by Crippen LogP contribution is 2.34. The summed E-state index contributed by atoms with van der Waals surface area (Å²) in [5.74, 6) is 0.887. The molecule has 102 valence electrons. The molecule has 0 fully saturated rings.